The monoisotopic (exact) mass is 249 g/mol. The largest absolute Gasteiger partial charge is 0.478 e. The van der Waals surface area contributed by atoms with Crippen molar-refractivity contribution in [3.63, 3.8) is 0 Å². The summed E-state index contributed by atoms with van der Waals surface area (Å²) in [5, 5.41) is 8.82. The van der Waals surface area contributed by atoms with Crippen molar-refractivity contribution in [2.24, 2.45) is 0 Å². The van der Waals surface area contributed by atoms with E-state index in [1.165, 1.54) is 25.3 Å². The minimum absolute atomic E-state index is 0.105. The highest BCUT2D eigenvalue weighted by Gasteiger charge is 2.15. The molecule has 1 aromatic heterocycles. The number of rotatable bonds is 2. The third kappa shape index (κ3) is 2.07. The van der Waals surface area contributed by atoms with Gasteiger partial charge < -0.3 is 5.11 Å². The van der Waals surface area contributed by atoms with Crippen LogP contribution in [0.1, 0.15) is 15.9 Å². The molecule has 0 amide bonds. The van der Waals surface area contributed by atoms with Gasteiger partial charge in [-0.25, -0.2) is 13.6 Å². The molecule has 1 heterocycles. The first-order valence-electron chi connectivity index (χ1n) is 5.14. The van der Waals surface area contributed by atoms with E-state index in [-0.39, 0.29) is 22.3 Å². The number of nitrogens with zero attached hydrogens (tertiary/aromatic N) is 1. The van der Waals surface area contributed by atoms with Gasteiger partial charge in [0.05, 0.1) is 11.1 Å². The van der Waals surface area contributed by atoms with E-state index in [1.807, 2.05) is 0 Å². The first-order valence-corrected chi connectivity index (χ1v) is 5.14. The van der Waals surface area contributed by atoms with Gasteiger partial charge in [0.15, 0.2) is 0 Å². The maximum atomic E-state index is 13.9. The van der Waals surface area contributed by atoms with Gasteiger partial charge in [0.1, 0.15) is 11.6 Å². The van der Waals surface area contributed by atoms with Gasteiger partial charge in [-0.15, -0.1) is 0 Å². The van der Waals surface area contributed by atoms with Gasteiger partial charge in [0, 0.05) is 18.0 Å². The minimum Gasteiger partial charge on any atom is -0.478 e. The second kappa shape index (κ2) is 4.52. The van der Waals surface area contributed by atoms with Crippen LogP contribution in [0.5, 0.6) is 0 Å². The highest BCUT2D eigenvalue weighted by molar-refractivity contribution is 5.88. The third-order valence-electron chi connectivity index (χ3n) is 2.56. The van der Waals surface area contributed by atoms with Crippen molar-refractivity contribution in [3.8, 4) is 11.1 Å². The fourth-order valence-corrected chi connectivity index (χ4v) is 1.61. The first kappa shape index (κ1) is 12.2. The highest BCUT2D eigenvalue weighted by atomic mass is 19.1. The SMILES string of the molecule is Cc1ccc(F)c(-c2cncc(C(=O)O)c2)c1F. The standard InChI is InChI=1S/C13H9F2NO2/c1-7-2-3-10(14)11(12(7)15)8-4-9(13(17)18)6-16-5-8/h2-6H,1H3,(H,17,18). The quantitative estimate of drug-likeness (QED) is 0.889. The van der Waals surface area contributed by atoms with Crippen LogP contribution < -0.4 is 0 Å². The summed E-state index contributed by atoms with van der Waals surface area (Å²) in [5.41, 5.74) is 0.0131. The van der Waals surface area contributed by atoms with E-state index in [0.717, 1.165) is 12.3 Å². The molecule has 2 rings (SSSR count). The van der Waals surface area contributed by atoms with E-state index >= 15 is 0 Å². The molecule has 1 N–H and O–H groups in total. The second-order valence-corrected chi connectivity index (χ2v) is 3.82. The smallest absolute Gasteiger partial charge is 0.337 e. The Morgan fingerprint density at radius 2 is 2.00 bits per heavy atom. The molecule has 0 aliphatic carbocycles. The molecule has 0 bridgehead atoms. The molecule has 0 spiro atoms. The lowest BCUT2D eigenvalue weighted by Crippen LogP contribution is -1.99. The molecule has 18 heavy (non-hydrogen) atoms. The maximum absolute atomic E-state index is 13.9. The van der Waals surface area contributed by atoms with Crippen LogP contribution in [0, 0.1) is 18.6 Å². The number of aromatic nitrogens is 1. The van der Waals surface area contributed by atoms with Gasteiger partial charge in [-0.05, 0) is 24.6 Å². The van der Waals surface area contributed by atoms with Crippen LogP contribution in [0.4, 0.5) is 8.78 Å². The molecular weight excluding hydrogens is 240 g/mol. The number of benzene rings is 1. The maximum Gasteiger partial charge on any atom is 0.337 e. The molecule has 0 radical (unpaired) electrons. The number of halogens is 2. The Morgan fingerprint density at radius 3 is 2.67 bits per heavy atom. The number of pyridine rings is 1. The van der Waals surface area contributed by atoms with Gasteiger partial charge in [-0.2, -0.15) is 0 Å². The molecule has 92 valence electrons. The summed E-state index contributed by atoms with van der Waals surface area (Å²) in [6.07, 6.45) is 2.35. The van der Waals surface area contributed by atoms with Gasteiger partial charge in [-0.3, -0.25) is 4.98 Å². The van der Waals surface area contributed by atoms with Crippen LogP contribution in [0.2, 0.25) is 0 Å². The molecule has 5 heteroatoms. The van der Waals surface area contributed by atoms with Crippen LogP contribution >= 0.6 is 0 Å². The first-order chi connectivity index (χ1) is 8.50. The zero-order valence-corrected chi connectivity index (χ0v) is 9.45. The summed E-state index contributed by atoms with van der Waals surface area (Å²) in [4.78, 5) is 14.5. The number of carboxylic acids is 1. The normalized spacial score (nSPS) is 10.4. The lowest BCUT2D eigenvalue weighted by atomic mass is 10.0. The molecule has 0 unspecified atom stereocenters. The fourth-order valence-electron chi connectivity index (χ4n) is 1.61. The Hall–Kier alpha value is -2.30. The van der Waals surface area contributed by atoms with Crippen LogP contribution in [-0.4, -0.2) is 16.1 Å². The Kier molecular flexibility index (Phi) is 3.06. The number of carboxylic acid groups (broad SMARTS) is 1. The zero-order chi connectivity index (χ0) is 13.3. The summed E-state index contributed by atoms with van der Waals surface area (Å²) in [6, 6.07) is 3.65. The number of hydrogen-bond acceptors (Lipinski definition) is 2. The minimum atomic E-state index is -1.20. The molecule has 1 aromatic carbocycles. The molecule has 0 fully saturated rings. The van der Waals surface area contributed by atoms with E-state index in [4.69, 9.17) is 5.11 Å². The zero-order valence-electron chi connectivity index (χ0n) is 9.45. The van der Waals surface area contributed by atoms with Crippen molar-refractivity contribution in [1.29, 1.82) is 0 Å². The van der Waals surface area contributed by atoms with Crippen molar-refractivity contribution in [3.05, 3.63) is 53.4 Å². The Bertz CT molecular complexity index is 626. The molecule has 0 saturated carbocycles. The number of hydrogen-bond donors (Lipinski definition) is 1. The average Bonchev–Trinajstić information content (AvgIpc) is 2.35. The topological polar surface area (TPSA) is 50.2 Å². The Morgan fingerprint density at radius 1 is 1.28 bits per heavy atom. The van der Waals surface area contributed by atoms with Gasteiger partial charge in [0.2, 0.25) is 0 Å². The molecule has 2 aromatic rings. The number of aromatic carboxylic acids is 1. The van der Waals surface area contributed by atoms with E-state index in [9.17, 15) is 13.6 Å². The van der Waals surface area contributed by atoms with Gasteiger partial charge in [0.25, 0.3) is 0 Å². The van der Waals surface area contributed by atoms with Crippen LogP contribution in [-0.2, 0) is 0 Å². The van der Waals surface area contributed by atoms with Crippen molar-refractivity contribution in [2.75, 3.05) is 0 Å². The van der Waals surface area contributed by atoms with E-state index in [0.29, 0.717) is 0 Å². The van der Waals surface area contributed by atoms with Crippen molar-refractivity contribution < 1.29 is 18.7 Å². The lowest BCUT2D eigenvalue weighted by Gasteiger charge is -2.07. The number of aryl methyl sites for hydroxylation is 1. The molecule has 3 nitrogen and oxygen atoms in total. The summed E-state index contributed by atoms with van der Waals surface area (Å²) in [7, 11) is 0. The van der Waals surface area contributed by atoms with E-state index in [1.54, 1.807) is 0 Å². The third-order valence-corrected chi connectivity index (χ3v) is 2.56. The average molecular weight is 249 g/mol. The predicted molar refractivity (Wildman–Crippen MR) is 61.3 cm³/mol. The summed E-state index contributed by atoms with van der Waals surface area (Å²) in [6.45, 7) is 1.51. The van der Waals surface area contributed by atoms with Crippen LogP contribution in [0.25, 0.3) is 11.1 Å². The molecular formula is C13H9F2NO2. The molecule has 0 saturated heterocycles. The summed E-state index contributed by atoms with van der Waals surface area (Å²) in [5.74, 6) is -2.65. The van der Waals surface area contributed by atoms with Crippen molar-refractivity contribution in [2.45, 2.75) is 6.92 Å². The van der Waals surface area contributed by atoms with E-state index < -0.39 is 17.6 Å². The number of carbonyl (C=O) groups is 1. The molecule has 0 aliphatic rings. The molecule has 0 aliphatic heterocycles. The summed E-state index contributed by atoms with van der Waals surface area (Å²) >= 11 is 0. The van der Waals surface area contributed by atoms with Crippen LogP contribution in [0.15, 0.2) is 30.6 Å². The van der Waals surface area contributed by atoms with E-state index in [2.05, 4.69) is 4.98 Å². The predicted octanol–water partition coefficient (Wildman–Crippen LogP) is 3.03. The second-order valence-electron chi connectivity index (χ2n) is 3.82. The fraction of sp³-hybridized carbons (Fsp3) is 0.0769. The van der Waals surface area contributed by atoms with Crippen LogP contribution in [0.3, 0.4) is 0 Å². The Balaban J connectivity index is 2.65. The van der Waals surface area contributed by atoms with Gasteiger partial charge >= 0.3 is 5.97 Å². The van der Waals surface area contributed by atoms with Crippen molar-refractivity contribution in [1.82, 2.24) is 4.98 Å². The lowest BCUT2D eigenvalue weighted by molar-refractivity contribution is 0.0696. The van der Waals surface area contributed by atoms with Crippen molar-refractivity contribution >= 4 is 5.97 Å². The summed E-state index contributed by atoms with van der Waals surface area (Å²) < 4.78 is 27.5. The molecule has 0 atom stereocenters. The van der Waals surface area contributed by atoms with Gasteiger partial charge in [-0.1, -0.05) is 6.07 Å². The highest BCUT2D eigenvalue weighted by Crippen LogP contribution is 2.27. The Labute approximate surface area is 102 Å².